The van der Waals surface area contributed by atoms with E-state index in [0.29, 0.717) is 6.79 Å². The summed E-state index contributed by atoms with van der Waals surface area (Å²) in [6.07, 6.45) is 0.162. The summed E-state index contributed by atoms with van der Waals surface area (Å²) in [6, 6.07) is 0. The number of hydrogen-bond acceptors (Lipinski definition) is 5. The van der Waals surface area contributed by atoms with E-state index in [2.05, 4.69) is 9.47 Å². The van der Waals surface area contributed by atoms with Crippen molar-refractivity contribution in [3.63, 3.8) is 0 Å². The average molecular weight is 214 g/mol. The van der Waals surface area contributed by atoms with Gasteiger partial charge in [-0.1, -0.05) is 0 Å². The molecular formula is C6H14O6S. The number of ether oxygens (including phenoxy) is 2. The van der Waals surface area contributed by atoms with Gasteiger partial charge in [-0.2, -0.15) is 8.42 Å². The first-order chi connectivity index (χ1) is 5.90. The van der Waals surface area contributed by atoms with Crippen LogP contribution in [0.3, 0.4) is 0 Å². The molecule has 1 unspecified atom stereocenters. The molecule has 0 fully saturated rings. The SMILES string of the molecule is CC(C=O)S(=O)(=O)O.COCOC. The summed E-state index contributed by atoms with van der Waals surface area (Å²) in [5, 5.41) is -1.30. The van der Waals surface area contributed by atoms with Crippen LogP contribution in [0.5, 0.6) is 0 Å². The maximum atomic E-state index is 9.89. The zero-order chi connectivity index (χ0) is 10.9. The van der Waals surface area contributed by atoms with Gasteiger partial charge >= 0.3 is 0 Å². The molecule has 13 heavy (non-hydrogen) atoms. The molecule has 6 nitrogen and oxygen atoms in total. The van der Waals surface area contributed by atoms with Gasteiger partial charge < -0.3 is 14.3 Å². The second-order valence-electron chi connectivity index (χ2n) is 2.05. The van der Waals surface area contributed by atoms with Gasteiger partial charge in [0.15, 0.2) is 0 Å². The van der Waals surface area contributed by atoms with Crippen LogP contribution in [-0.2, 0) is 24.4 Å². The van der Waals surface area contributed by atoms with Crippen LogP contribution in [0.4, 0.5) is 0 Å². The molecule has 0 radical (unpaired) electrons. The van der Waals surface area contributed by atoms with Crippen molar-refractivity contribution in [2.24, 2.45) is 0 Å². The standard InChI is InChI=1S/C3H6O4S.C3H8O2/c1-3(2-4)8(5,6)7;1-4-3-5-2/h2-3H,1H3,(H,5,6,7);3H2,1-2H3. The smallest absolute Gasteiger partial charge is 0.274 e. The number of carbonyl (C=O) groups excluding carboxylic acids is 1. The fourth-order valence-electron chi connectivity index (χ4n) is 0.188. The molecule has 0 aromatic rings. The van der Waals surface area contributed by atoms with E-state index in [1.165, 1.54) is 0 Å². The third-order valence-electron chi connectivity index (χ3n) is 0.897. The highest BCUT2D eigenvalue weighted by atomic mass is 32.2. The summed E-state index contributed by atoms with van der Waals surface area (Å²) < 4.78 is 36.7. The van der Waals surface area contributed by atoms with Crippen molar-refractivity contribution in [2.45, 2.75) is 12.2 Å². The Bertz CT molecular complexity index is 207. The highest BCUT2D eigenvalue weighted by molar-refractivity contribution is 7.87. The monoisotopic (exact) mass is 214 g/mol. The topological polar surface area (TPSA) is 89.9 Å². The van der Waals surface area contributed by atoms with Crippen molar-refractivity contribution in [1.82, 2.24) is 0 Å². The van der Waals surface area contributed by atoms with Crippen LogP contribution < -0.4 is 0 Å². The summed E-state index contributed by atoms with van der Waals surface area (Å²) >= 11 is 0. The largest absolute Gasteiger partial charge is 0.359 e. The maximum absolute atomic E-state index is 9.89. The van der Waals surface area contributed by atoms with E-state index in [9.17, 15) is 13.2 Å². The number of hydrogen-bond donors (Lipinski definition) is 1. The molecule has 0 aliphatic rings. The number of methoxy groups -OCH3 is 2. The van der Waals surface area contributed by atoms with Crippen LogP contribution >= 0.6 is 0 Å². The van der Waals surface area contributed by atoms with Crippen molar-refractivity contribution in [2.75, 3.05) is 21.0 Å². The lowest BCUT2D eigenvalue weighted by Gasteiger charge is -1.93. The fraction of sp³-hybridized carbons (Fsp3) is 0.833. The molecule has 0 heterocycles. The van der Waals surface area contributed by atoms with Crippen molar-refractivity contribution < 1.29 is 27.2 Å². The lowest BCUT2D eigenvalue weighted by molar-refractivity contribution is -0.107. The van der Waals surface area contributed by atoms with Crippen LogP contribution in [-0.4, -0.2) is 45.5 Å². The van der Waals surface area contributed by atoms with Crippen LogP contribution in [0.2, 0.25) is 0 Å². The molecule has 0 bridgehead atoms. The molecule has 7 heteroatoms. The van der Waals surface area contributed by atoms with Gasteiger partial charge in [-0.05, 0) is 6.92 Å². The second kappa shape index (κ2) is 8.11. The quantitative estimate of drug-likeness (QED) is 0.392. The first kappa shape index (κ1) is 15.0. The third kappa shape index (κ3) is 11.5. The molecule has 1 N–H and O–H groups in total. The van der Waals surface area contributed by atoms with E-state index in [-0.39, 0.29) is 6.29 Å². The van der Waals surface area contributed by atoms with E-state index in [1.807, 2.05) is 0 Å². The minimum Gasteiger partial charge on any atom is -0.359 e. The first-order valence-electron chi connectivity index (χ1n) is 3.29. The molecule has 0 amide bonds. The Morgan fingerprint density at radius 3 is 1.77 bits per heavy atom. The highest BCUT2D eigenvalue weighted by Gasteiger charge is 2.14. The zero-order valence-electron chi connectivity index (χ0n) is 7.76. The lowest BCUT2D eigenvalue weighted by Crippen LogP contribution is -2.17. The van der Waals surface area contributed by atoms with Gasteiger partial charge in [0, 0.05) is 14.2 Å². The number of aldehydes is 1. The molecule has 0 aromatic heterocycles. The third-order valence-corrected chi connectivity index (χ3v) is 1.95. The summed E-state index contributed by atoms with van der Waals surface area (Å²) in [7, 11) is -0.947. The summed E-state index contributed by atoms with van der Waals surface area (Å²) in [6.45, 7) is 1.49. The van der Waals surface area contributed by atoms with Gasteiger partial charge in [-0.25, -0.2) is 0 Å². The fourth-order valence-corrected chi connectivity index (χ4v) is 0.328. The molecule has 0 saturated heterocycles. The predicted molar refractivity (Wildman–Crippen MR) is 46.0 cm³/mol. The molecule has 0 saturated carbocycles. The molecule has 0 aliphatic carbocycles. The minimum absolute atomic E-state index is 0.162. The first-order valence-corrected chi connectivity index (χ1v) is 4.80. The number of carbonyl (C=O) groups is 1. The van der Waals surface area contributed by atoms with Gasteiger partial charge in [0.05, 0.1) is 0 Å². The van der Waals surface area contributed by atoms with E-state index in [1.54, 1.807) is 14.2 Å². The van der Waals surface area contributed by atoms with Crippen LogP contribution in [0.15, 0.2) is 0 Å². The lowest BCUT2D eigenvalue weighted by atomic mass is 10.6. The molecule has 0 rings (SSSR count). The number of rotatable bonds is 4. The van der Waals surface area contributed by atoms with Crippen molar-refractivity contribution >= 4 is 16.4 Å². The molecule has 80 valence electrons. The van der Waals surface area contributed by atoms with Crippen molar-refractivity contribution in [3.8, 4) is 0 Å². The normalized spacial score (nSPS) is 12.6. The van der Waals surface area contributed by atoms with Gasteiger partial charge in [-0.15, -0.1) is 0 Å². The Morgan fingerprint density at radius 2 is 1.77 bits per heavy atom. The van der Waals surface area contributed by atoms with E-state index in [0.717, 1.165) is 6.92 Å². The molecular weight excluding hydrogens is 200 g/mol. The van der Waals surface area contributed by atoms with Gasteiger partial charge in [-0.3, -0.25) is 4.55 Å². The second-order valence-corrected chi connectivity index (χ2v) is 3.82. The van der Waals surface area contributed by atoms with Crippen molar-refractivity contribution in [1.29, 1.82) is 0 Å². The van der Waals surface area contributed by atoms with Gasteiger partial charge in [0.25, 0.3) is 10.1 Å². The van der Waals surface area contributed by atoms with Gasteiger partial charge in [0.2, 0.25) is 0 Å². The Morgan fingerprint density at radius 1 is 1.38 bits per heavy atom. The molecule has 0 spiro atoms. The van der Waals surface area contributed by atoms with Crippen molar-refractivity contribution in [3.05, 3.63) is 0 Å². The van der Waals surface area contributed by atoms with Crippen LogP contribution in [0, 0.1) is 0 Å². The van der Waals surface area contributed by atoms with Crippen LogP contribution in [0.25, 0.3) is 0 Å². The summed E-state index contributed by atoms with van der Waals surface area (Å²) in [5.41, 5.74) is 0. The maximum Gasteiger partial charge on any atom is 0.274 e. The van der Waals surface area contributed by atoms with E-state index in [4.69, 9.17) is 4.55 Å². The minimum atomic E-state index is -4.12. The summed E-state index contributed by atoms with van der Waals surface area (Å²) in [5.74, 6) is 0. The Kier molecular flexibility index (Phi) is 9.36. The Hall–Kier alpha value is -0.500. The van der Waals surface area contributed by atoms with Gasteiger partial charge in [0.1, 0.15) is 18.3 Å². The molecule has 1 atom stereocenters. The summed E-state index contributed by atoms with van der Waals surface area (Å²) in [4.78, 5) is 9.61. The Balaban J connectivity index is 0. The average Bonchev–Trinajstić information content (AvgIpc) is 2.04. The Labute approximate surface area is 77.6 Å². The molecule has 0 aliphatic heterocycles. The van der Waals surface area contributed by atoms with E-state index < -0.39 is 15.4 Å². The van der Waals surface area contributed by atoms with Crippen LogP contribution in [0.1, 0.15) is 6.92 Å². The zero-order valence-corrected chi connectivity index (χ0v) is 8.58. The highest BCUT2D eigenvalue weighted by Crippen LogP contribution is 1.90. The molecule has 0 aromatic carbocycles. The predicted octanol–water partition coefficient (Wildman–Crippen LogP) is -0.302. The van der Waals surface area contributed by atoms with E-state index >= 15 is 0 Å².